The average Bonchev–Trinajstić information content (AvgIpc) is 3.35. The van der Waals surface area contributed by atoms with Crippen LogP contribution in [0.3, 0.4) is 0 Å². The molecular weight excluding hydrogens is 460 g/mol. The molecule has 1 aliphatic rings. The number of nitrogens with one attached hydrogen (secondary N) is 1. The van der Waals surface area contributed by atoms with Crippen LogP contribution < -0.4 is 0 Å². The molecule has 1 saturated heterocycles. The van der Waals surface area contributed by atoms with Crippen molar-refractivity contribution in [2.45, 2.75) is 37.6 Å². The summed E-state index contributed by atoms with van der Waals surface area (Å²) in [5.74, 6) is 1.26. The summed E-state index contributed by atoms with van der Waals surface area (Å²) in [5.41, 5.74) is 2.62. The Labute approximate surface area is 203 Å². The van der Waals surface area contributed by atoms with E-state index in [9.17, 15) is 0 Å². The minimum Gasteiger partial charge on any atom is -0.376 e. The summed E-state index contributed by atoms with van der Waals surface area (Å²) >= 11 is 5.95. The summed E-state index contributed by atoms with van der Waals surface area (Å²) in [7, 11) is 4.79. The van der Waals surface area contributed by atoms with Crippen LogP contribution in [0.25, 0.3) is 22.8 Å². The number of hydrogen-bond acceptors (Lipinski definition) is 8. The maximum Gasteiger partial charge on any atom is 0.256 e. The van der Waals surface area contributed by atoms with E-state index < -0.39 is 12.4 Å². The van der Waals surface area contributed by atoms with E-state index in [1.54, 1.807) is 27.5 Å². The van der Waals surface area contributed by atoms with Gasteiger partial charge in [0, 0.05) is 37.5 Å². The number of benzene rings is 2. The number of rotatable bonds is 8. The average molecular weight is 487 g/mol. The molecule has 2 aromatic carbocycles. The van der Waals surface area contributed by atoms with Gasteiger partial charge in [-0.2, -0.15) is 5.10 Å². The van der Waals surface area contributed by atoms with Gasteiger partial charge in [-0.15, -0.1) is 0 Å². The van der Waals surface area contributed by atoms with E-state index >= 15 is 0 Å². The SMILES string of the molecule is CO[C@@H]1[C@@H](OC)[C@H](C)O[C@@H](O/N=C/c2ccc(-c3n[nH]c(-c4ccc(Cl)cc4)n3)cc2)[C@@H]1OC. The molecule has 0 spiro atoms. The first-order valence-electron chi connectivity index (χ1n) is 10.8. The van der Waals surface area contributed by atoms with Crippen LogP contribution in [0.15, 0.2) is 53.7 Å². The Morgan fingerprint density at radius 2 is 1.56 bits per heavy atom. The quantitative estimate of drug-likeness (QED) is 0.380. The largest absolute Gasteiger partial charge is 0.376 e. The second kappa shape index (κ2) is 11.1. The third kappa shape index (κ3) is 5.29. The minimum absolute atomic E-state index is 0.250. The van der Waals surface area contributed by atoms with Crippen LogP contribution in [0.2, 0.25) is 5.02 Å². The normalized spacial score (nSPS) is 25.0. The zero-order valence-electron chi connectivity index (χ0n) is 19.3. The van der Waals surface area contributed by atoms with Gasteiger partial charge in [0.25, 0.3) is 6.29 Å². The number of aromatic amines is 1. The van der Waals surface area contributed by atoms with Gasteiger partial charge in [0.2, 0.25) is 0 Å². The smallest absolute Gasteiger partial charge is 0.256 e. The second-order valence-corrected chi connectivity index (χ2v) is 8.22. The lowest BCUT2D eigenvalue weighted by Crippen LogP contribution is -2.59. The maximum absolute atomic E-state index is 5.95. The number of hydrogen-bond donors (Lipinski definition) is 1. The summed E-state index contributed by atoms with van der Waals surface area (Å²) in [5, 5.41) is 12.0. The molecule has 0 saturated carbocycles. The summed E-state index contributed by atoms with van der Waals surface area (Å²) in [6, 6.07) is 15.0. The van der Waals surface area contributed by atoms with Crippen LogP contribution in [0.1, 0.15) is 12.5 Å². The first kappa shape index (κ1) is 24.3. The molecule has 0 amide bonds. The van der Waals surface area contributed by atoms with Crippen molar-refractivity contribution in [1.29, 1.82) is 0 Å². The molecule has 5 atom stereocenters. The molecule has 4 rings (SSSR count). The van der Waals surface area contributed by atoms with E-state index in [-0.39, 0.29) is 18.3 Å². The Morgan fingerprint density at radius 1 is 0.912 bits per heavy atom. The van der Waals surface area contributed by atoms with Gasteiger partial charge in [0.1, 0.15) is 12.2 Å². The van der Waals surface area contributed by atoms with Crippen molar-refractivity contribution in [3.05, 3.63) is 59.1 Å². The highest BCUT2D eigenvalue weighted by Crippen LogP contribution is 2.28. The van der Waals surface area contributed by atoms with Crippen molar-refractivity contribution in [2.24, 2.45) is 5.16 Å². The van der Waals surface area contributed by atoms with Crippen molar-refractivity contribution in [3.8, 4) is 22.8 Å². The molecule has 180 valence electrons. The van der Waals surface area contributed by atoms with Gasteiger partial charge in [0.15, 0.2) is 17.8 Å². The van der Waals surface area contributed by atoms with E-state index in [2.05, 4.69) is 20.3 Å². The van der Waals surface area contributed by atoms with Gasteiger partial charge in [0.05, 0.1) is 12.3 Å². The highest BCUT2D eigenvalue weighted by Gasteiger charge is 2.46. The van der Waals surface area contributed by atoms with Crippen molar-refractivity contribution in [2.75, 3.05) is 21.3 Å². The topological polar surface area (TPSA) is 100 Å². The van der Waals surface area contributed by atoms with E-state index in [0.29, 0.717) is 16.7 Å². The number of nitrogens with zero attached hydrogens (tertiary/aromatic N) is 3. The summed E-state index contributed by atoms with van der Waals surface area (Å²) in [6.45, 7) is 1.90. The molecule has 1 aliphatic heterocycles. The molecule has 1 N–H and O–H groups in total. The fraction of sp³-hybridized carbons (Fsp3) is 0.375. The van der Waals surface area contributed by atoms with Gasteiger partial charge in [-0.05, 0) is 36.8 Å². The zero-order chi connectivity index (χ0) is 24.1. The van der Waals surface area contributed by atoms with Crippen LogP contribution >= 0.6 is 11.6 Å². The predicted octanol–water partition coefficient (Wildman–Crippen LogP) is 3.93. The lowest BCUT2D eigenvalue weighted by molar-refractivity contribution is -0.305. The fourth-order valence-corrected chi connectivity index (χ4v) is 4.02. The molecule has 1 aromatic heterocycles. The number of oxime groups is 1. The number of H-pyrrole nitrogens is 1. The maximum atomic E-state index is 5.95. The monoisotopic (exact) mass is 486 g/mol. The Hall–Kier alpha value is -2.82. The molecule has 9 nitrogen and oxygen atoms in total. The second-order valence-electron chi connectivity index (χ2n) is 7.79. The minimum atomic E-state index is -0.730. The number of aromatic nitrogens is 3. The highest BCUT2D eigenvalue weighted by atomic mass is 35.5. The molecule has 0 unspecified atom stereocenters. The van der Waals surface area contributed by atoms with Gasteiger partial charge in [-0.1, -0.05) is 41.0 Å². The number of ether oxygens (including phenoxy) is 4. The van der Waals surface area contributed by atoms with Gasteiger partial charge in [-0.3, -0.25) is 5.10 Å². The molecule has 0 bridgehead atoms. The fourth-order valence-electron chi connectivity index (χ4n) is 3.90. The Kier molecular flexibility index (Phi) is 7.91. The van der Waals surface area contributed by atoms with Crippen LogP contribution in [0, 0.1) is 0 Å². The van der Waals surface area contributed by atoms with Crippen LogP contribution in [-0.2, 0) is 23.8 Å². The third-order valence-corrected chi connectivity index (χ3v) is 5.93. The summed E-state index contributed by atoms with van der Waals surface area (Å²) in [4.78, 5) is 10.2. The Bertz CT molecular complexity index is 1090. The molecule has 3 aromatic rings. The molecule has 1 fully saturated rings. The Balaban J connectivity index is 1.40. The molecule has 2 heterocycles. The lowest BCUT2D eigenvalue weighted by Gasteiger charge is -2.42. The van der Waals surface area contributed by atoms with E-state index in [1.807, 2.05) is 55.5 Å². The van der Waals surface area contributed by atoms with Crippen molar-refractivity contribution >= 4 is 17.8 Å². The summed E-state index contributed by atoms with van der Waals surface area (Å²) in [6.07, 6.45) is -0.497. The molecular formula is C24H27ClN4O5. The number of halogens is 1. The highest BCUT2D eigenvalue weighted by molar-refractivity contribution is 6.30. The molecule has 0 aliphatic carbocycles. The summed E-state index contributed by atoms with van der Waals surface area (Å²) < 4.78 is 22.5. The van der Waals surface area contributed by atoms with Crippen molar-refractivity contribution < 1.29 is 23.8 Å². The standard InChI is InChI=1S/C24H27ClN4O5/c1-14-19(30-2)20(31-3)21(32-4)24(33-14)34-26-13-15-5-7-16(8-6-15)22-27-23(29-28-22)17-9-11-18(25)12-10-17/h5-14,19-21,24H,1-4H3,(H,27,28,29)/b26-13+/t14-,19-,20+,21+,24-/m0/s1. The Morgan fingerprint density at radius 3 is 2.21 bits per heavy atom. The van der Waals surface area contributed by atoms with E-state index in [0.717, 1.165) is 16.7 Å². The zero-order valence-corrected chi connectivity index (χ0v) is 20.1. The predicted molar refractivity (Wildman–Crippen MR) is 128 cm³/mol. The van der Waals surface area contributed by atoms with Crippen molar-refractivity contribution in [1.82, 2.24) is 15.2 Å². The molecule has 34 heavy (non-hydrogen) atoms. The van der Waals surface area contributed by atoms with Crippen molar-refractivity contribution in [3.63, 3.8) is 0 Å². The first-order valence-corrected chi connectivity index (χ1v) is 11.1. The van der Waals surface area contributed by atoms with E-state index in [4.69, 9.17) is 35.4 Å². The van der Waals surface area contributed by atoms with Gasteiger partial charge < -0.3 is 23.8 Å². The van der Waals surface area contributed by atoms with E-state index in [1.165, 1.54) is 0 Å². The van der Waals surface area contributed by atoms with Gasteiger partial charge >= 0.3 is 0 Å². The van der Waals surface area contributed by atoms with Gasteiger partial charge in [-0.25, -0.2) is 4.98 Å². The van der Waals surface area contributed by atoms with Crippen LogP contribution in [-0.4, -0.2) is 73.4 Å². The molecule has 10 heteroatoms. The van der Waals surface area contributed by atoms with Crippen LogP contribution in [0.4, 0.5) is 0 Å². The van der Waals surface area contributed by atoms with Crippen LogP contribution in [0.5, 0.6) is 0 Å². The molecule has 0 radical (unpaired) electrons. The first-order chi connectivity index (χ1) is 16.5. The lowest BCUT2D eigenvalue weighted by atomic mass is 9.99. The third-order valence-electron chi connectivity index (χ3n) is 5.68. The number of methoxy groups -OCH3 is 3.